The van der Waals surface area contributed by atoms with Crippen molar-refractivity contribution < 1.29 is 15.0 Å². The van der Waals surface area contributed by atoms with E-state index < -0.39 is 11.4 Å². The molecule has 1 aromatic carbocycles. The topological polar surface area (TPSA) is 57.5 Å². The zero-order valence-electron chi connectivity index (χ0n) is 8.60. The Labute approximate surface area is 88.4 Å². The largest absolute Gasteiger partial charge is 0.481 e. The molecule has 1 aromatic rings. The molecule has 1 aliphatic carbocycles. The summed E-state index contributed by atoms with van der Waals surface area (Å²) in [7, 11) is 0. The van der Waals surface area contributed by atoms with Crippen LogP contribution in [0.25, 0.3) is 0 Å². The Hall–Kier alpha value is -1.35. The molecule has 2 rings (SSSR count). The number of aliphatic carboxylic acids is 1. The van der Waals surface area contributed by atoms with Crippen LogP contribution in [0.1, 0.15) is 23.5 Å². The average molecular weight is 206 g/mol. The molecule has 2 atom stereocenters. The van der Waals surface area contributed by atoms with E-state index >= 15 is 0 Å². The van der Waals surface area contributed by atoms with Crippen LogP contribution in [0.2, 0.25) is 0 Å². The van der Waals surface area contributed by atoms with Crippen LogP contribution in [0.4, 0.5) is 0 Å². The predicted octanol–water partition coefficient (Wildman–Crippen LogP) is 1.55. The molecule has 3 heteroatoms. The first kappa shape index (κ1) is 10.2. The standard InChI is InChI=1S/C12H14O3/c1-8-4-2-3-5-9(8)10-6-12(10,7-13)11(14)15/h2-5,10,13H,6-7H2,1H3,(H,14,15). The van der Waals surface area contributed by atoms with E-state index in [0.29, 0.717) is 6.42 Å². The molecule has 0 saturated heterocycles. The van der Waals surface area contributed by atoms with E-state index in [1.165, 1.54) is 0 Å². The molecule has 0 aromatic heterocycles. The van der Waals surface area contributed by atoms with Gasteiger partial charge in [0.25, 0.3) is 0 Å². The van der Waals surface area contributed by atoms with E-state index in [4.69, 9.17) is 10.2 Å². The van der Waals surface area contributed by atoms with E-state index in [0.717, 1.165) is 11.1 Å². The van der Waals surface area contributed by atoms with Crippen molar-refractivity contribution in [2.24, 2.45) is 5.41 Å². The lowest BCUT2D eigenvalue weighted by molar-refractivity contribution is -0.145. The lowest BCUT2D eigenvalue weighted by Crippen LogP contribution is -2.21. The van der Waals surface area contributed by atoms with Crippen molar-refractivity contribution in [1.82, 2.24) is 0 Å². The second kappa shape index (κ2) is 3.35. The summed E-state index contributed by atoms with van der Waals surface area (Å²) < 4.78 is 0. The van der Waals surface area contributed by atoms with Gasteiger partial charge in [0, 0.05) is 5.92 Å². The average Bonchev–Trinajstić information content (AvgIpc) is 2.94. The molecular weight excluding hydrogens is 192 g/mol. The summed E-state index contributed by atoms with van der Waals surface area (Å²) in [6.45, 7) is 1.69. The number of aliphatic hydroxyl groups is 1. The van der Waals surface area contributed by atoms with E-state index in [2.05, 4.69) is 0 Å². The number of carboxylic acids is 1. The van der Waals surface area contributed by atoms with Crippen molar-refractivity contribution in [2.45, 2.75) is 19.3 Å². The molecule has 0 amide bonds. The van der Waals surface area contributed by atoms with Crippen LogP contribution >= 0.6 is 0 Å². The number of benzene rings is 1. The first-order chi connectivity index (χ1) is 7.12. The van der Waals surface area contributed by atoms with Gasteiger partial charge in [0.15, 0.2) is 0 Å². The molecule has 3 nitrogen and oxygen atoms in total. The van der Waals surface area contributed by atoms with Gasteiger partial charge in [-0.2, -0.15) is 0 Å². The van der Waals surface area contributed by atoms with Gasteiger partial charge in [0.05, 0.1) is 12.0 Å². The van der Waals surface area contributed by atoms with E-state index in [9.17, 15) is 4.79 Å². The quantitative estimate of drug-likeness (QED) is 0.788. The highest BCUT2D eigenvalue weighted by Gasteiger charge is 2.60. The summed E-state index contributed by atoms with van der Waals surface area (Å²) in [6.07, 6.45) is 0.545. The maximum absolute atomic E-state index is 11.0. The monoisotopic (exact) mass is 206 g/mol. The maximum atomic E-state index is 11.0. The molecule has 1 aliphatic rings. The van der Waals surface area contributed by atoms with Crippen molar-refractivity contribution in [3.05, 3.63) is 35.4 Å². The van der Waals surface area contributed by atoms with Gasteiger partial charge in [0.2, 0.25) is 0 Å². The first-order valence-electron chi connectivity index (χ1n) is 5.01. The number of carboxylic acid groups (broad SMARTS) is 1. The first-order valence-corrected chi connectivity index (χ1v) is 5.01. The molecule has 0 heterocycles. The predicted molar refractivity (Wildman–Crippen MR) is 55.7 cm³/mol. The Bertz CT molecular complexity index is 400. The molecule has 0 bridgehead atoms. The van der Waals surface area contributed by atoms with Crippen molar-refractivity contribution in [1.29, 1.82) is 0 Å². The minimum atomic E-state index is -0.924. The molecule has 2 unspecified atom stereocenters. The third-order valence-corrected chi connectivity index (χ3v) is 3.35. The van der Waals surface area contributed by atoms with E-state index in [1.807, 2.05) is 31.2 Å². The van der Waals surface area contributed by atoms with Gasteiger partial charge in [-0.25, -0.2) is 0 Å². The minimum absolute atomic E-state index is 0.0267. The molecule has 15 heavy (non-hydrogen) atoms. The highest BCUT2D eigenvalue weighted by atomic mass is 16.4. The Morgan fingerprint density at radius 1 is 1.53 bits per heavy atom. The molecule has 0 radical (unpaired) electrons. The van der Waals surface area contributed by atoms with Gasteiger partial charge in [-0.15, -0.1) is 0 Å². The maximum Gasteiger partial charge on any atom is 0.312 e. The molecule has 0 spiro atoms. The fourth-order valence-corrected chi connectivity index (χ4v) is 2.17. The molecule has 80 valence electrons. The van der Waals surface area contributed by atoms with Crippen LogP contribution in [0, 0.1) is 12.3 Å². The SMILES string of the molecule is Cc1ccccc1C1CC1(CO)C(=O)O. The molecule has 2 N–H and O–H groups in total. The third-order valence-electron chi connectivity index (χ3n) is 3.35. The number of aliphatic hydroxyl groups excluding tert-OH is 1. The number of hydrogen-bond donors (Lipinski definition) is 2. The summed E-state index contributed by atoms with van der Waals surface area (Å²) in [4.78, 5) is 11.0. The minimum Gasteiger partial charge on any atom is -0.481 e. The van der Waals surface area contributed by atoms with Crippen LogP contribution in [-0.4, -0.2) is 22.8 Å². The number of aryl methyl sites for hydroxylation is 1. The van der Waals surface area contributed by atoms with Gasteiger partial charge < -0.3 is 10.2 Å². The van der Waals surface area contributed by atoms with Crippen molar-refractivity contribution in [3.63, 3.8) is 0 Å². The van der Waals surface area contributed by atoms with Gasteiger partial charge in [0.1, 0.15) is 0 Å². The summed E-state index contributed by atoms with van der Waals surface area (Å²) in [5.74, 6) is -0.917. The van der Waals surface area contributed by atoms with Crippen molar-refractivity contribution in [2.75, 3.05) is 6.61 Å². The van der Waals surface area contributed by atoms with Gasteiger partial charge in [-0.1, -0.05) is 24.3 Å². The summed E-state index contributed by atoms with van der Waals surface area (Å²) >= 11 is 0. The van der Waals surface area contributed by atoms with Crippen LogP contribution in [0.5, 0.6) is 0 Å². The van der Waals surface area contributed by atoms with Crippen LogP contribution in [0.3, 0.4) is 0 Å². The lowest BCUT2D eigenvalue weighted by Gasteiger charge is -2.10. The van der Waals surface area contributed by atoms with E-state index in [-0.39, 0.29) is 12.5 Å². The Kier molecular flexibility index (Phi) is 2.27. The van der Waals surface area contributed by atoms with E-state index in [1.54, 1.807) is 0 Å². The van der Waals surface area contributed by atoms with Crippen molar-refractivity contribution in [3.8, 4) is 0 Å². The fraction of sp³-hybridized carbons (Fsp3) is 0.417. The molecular formula is C12H14O3. The molecule has 1 saturated carbocycles. The van der Waals surface area contributed by atoms with Crippen LogP contribution in [0.15, 0.2) is 24.3 Å². The Morgan fingerprint density at radius 3 is 2.67 bits per heavy atom. The Morgan fingerprint density at radius 2 is 2.20 bits per heavy atom. The van der Waals surface area contributed by atoms with Crippen LogP contribution < -0.4 is 0 Å². The summed E-state index contributed by atoms with van der Waals surface area (Å²) in [6, 6.07) is 7.76. The smallest absolute Gasteiger partial charge is 0.312 e. The van der Waals surface area contributed by atoms with Crippen molar-refractivity contribution >= 4 is 5.97 Å². The second-order valence-electron chi connectivity index (χ2n) is 4.23. The molecule has 0 aliphatic heterocycles. The third kappa shape index (κ3) is 1.43. The molecule has 1 fully saturated rings. The summed E-state index contributed by atoms with van der Waals surface area (Å²) in [5.41, 5.74) is 1.22. The highest BCUT2D eigenvalue weighted by molar-refractivity contribution is 5.81. The number of rotatable bonds is 3. The van der Waals surface area contributed by atoms with Gasteiger partial charge in [-0.05, 0) is 24.5 Å². The van der Waals surface area contributed by atoms with Gasteiger partial charge in [-0.3, -0.25) is 4.79 Å². The van der Waals surface area contributed by atoms with Gasteiger partial charge >= 0.3 is 5.97 Å². The fourth-order valence-electron chi connectivity index (χ4n) is 2.17. The van der Waals surface area contributed by atoms with Crippen LogP contribution in [-0.2, 0) is 4.79 Å². The Balaban J connectivity index is 2.30. The zero-order chi connectivity index (χ0) is 11.1. The normalized spacial score (nSPS) is 28.8. The zero-order valence-corrected chi connectivity index (χ0v) is 8.60. The number of carbonyl (C=O) groups is 1. The highest BCUT2D eigenvalue weighted by Crippen LogP contribution is 2.59. The summed E-state index contributed by atoms with van der Waals surface area (Å²) in [5, 5.41) is 18.2. The lowest BCUT2D eigenvalue weighted by atomic mass is 9.97. The number of hydrogen-bond acceptors (Lipinski definition) is 2. The second-order valence-corrected chi connectivity index (χ2v) is 4.23.